The molecule has 118 valence electrons. The van der Waals surface area contributed by atoms with Crippen LogP contribution < -0.4 is 0 Å². The second kappa shape index (κ2) is 5.87. The number of halogens is 1. The van der Waals surface area contributed by atoms with Crippen LogP contribution in [0.4, 0.5) is 0 Å². The van der Waals surface area contributed by atoms with Crippen molar-refractivity contribution in [2.24, 2.45) is 0 Å². The Morgan fingerprint density at radius 3 is 2.62 bits per heavy atom. The van der Waals surface area contributed by atoms with Crippen molar-refractivity contribution in [2.45, 2.75) is 13.8 Å². The van der Waals surface area contributed by atoms with E-state index in [2.05, 4.69) is 65.2 Å². The fraction of sp³-hybridized carbons (Fsp3) is 0.100. The van der Waals surface area contributed by atoms with E-state index in [1.807, 2.05) is 35.3 Å². The van der Waals surface area contributed by atoms with Crippen LogP contribution in [-0.2, 0) is 0 Å². The molecule has 0 bridgehead atoms. The van der Waals surface area contributed by atoms with Crippen LogP contribution in [0.1, 0.15) is 11.1 Å². The van der Waals surface area contributed by atoms with E-state index in [0.29, 0.717) is 0 Å². The van der Waals surface area contributed by atoms with Crippen LogP contribution >= 0.6 is 15.9 Å². The third kappa shape index (κ3) is 2.63. The van der Waals surface area contributed by atoms with Gasteiger partial charge in [-0.15, -0.1) is 0 Å². The summed E-state index contributed by atoms with van der Waals surface area (Å²) in [5.41, 5.74) is 6.43. The van der Waals surface area contributed by atoms with Crippen molar-refractivity contribution in [2.75, 3.05) is 0 Å². The lowest BCUT2D eigenvalue weighted by molar-refractivity contribution is 0.879. The number of para-hydroxylation sites is 1. The van der Waals surface area contributed by atoms with Crippen LogP contribution in [0.3, 0.4) is 0 Å². The zero-order chi connectivity index (χ0) is 16.7. The third-order valence-electron chi connectivity index (χ3n) is 4.22. The van der Waals surface area contributed by atoms with Crippen molar-refractivity contribution in [1.82, 2.24) is 14.8 Å². The topological polar surface area (TPSA) is 30.7 Å². The second-order valence-electron chi connectivity index (χ2n) is 5.95. The van der Waals surface area contributed by atoms with Gasteiger partial charge in [-0.25, -0.2) is 9.67 Å². The fourth-order valence-electron chi connectivity index (χ4n) is 2.82. The van der Waals surface area contributed by atoms with Gasteiger partial charge in [0.2, 0.25) is 0 Å². The predicted molar refractivity (Wildman–Crippen MR) is 101 cm³/mol. The number of nitrogens with zero attached hydrogens (tertiary/aromatic N) is 3. The number of aryl methyl sites for hydroxylation is 2. The molecule has 0 atom stereocenters. The molecule has 0 amide bonds. The summed E-state index contributed by atoms with van der Waals surface area (Å²) in [6.07, 6.45) is 3.89. The summed E-state index contributed by atoms with van der Waals surface area (Å²) in [4.78, 5) is 4.78. The van der Waals surface area contributed by atoms with Gasteiger partial charge in [0.15, 0.2) is 0 Å². The van der Waals surface area contributed by atoms with E-state index in [1.54, 1.807) is 0 Å². The number of hydrogen-bond donors (Lipinski definition) is 0. The highest BCUT2D eigenvalue weighted by Gasteiger charge is 2.08. The smallest absolute Gasteiger partial charge is 0.0744 e. The number of rotatable bonds is 2. The van der Waals surface area contributed by atoms with E-state index in [4.69, 9.17) is 4.98 Å². The Bertz CT molecular complexity index is 1050. The minimum absolute atomic E-state index is 0.948. The Hall–Kier alpha value is -2.46. The zero-order valence-corrected chi connectivity index (χ0v) is 15.1. The normalized spacial score (nSPS) is 11.1. The molecule has 4 rings (SSSR count). The van der Waals surface area contributed by atoms with Crippen molar-refractivity contribution < 1.29 is 0 Å². The summed E-state index contributed by atoms with van der Waals surface area (Å²) in [6.45, 7) is 4.19. The molecule has 0 fully saturated rings. The summed E-state index contributed by atoms with van der Waals surface area (Å²) < 4.78 is 2.96. The van der Waals surface area contributed by atoms with E-state index < -0.39 is 0 Å². The number of pyridine rings is 1. The first-order valence-corrected chi connectivity index (χ1v) is 8.59. The van der Waals surface area contributed by atoms with Gasteiger partial charge in [-0.2, -0.15) is 5.10 Å². The first-order chi connectivity index (χ1) is 11.6. The first kappa shape index (κ1) is 15.1. The molecule has 24 heavy (non-hydrogen) atoms. The molecular formula is C20H16BrN3. The molecule has 2 aromatic carbocycles. The molecule has 0 spiro atoms. The highest BCUT2D eigenvalue weighted by atomic mass is 79.9. The molecule has 4 aromatic rings. The van der Waals surface area contributed by atoms with Gasteiger partial charge in [0, 0.05) is 21.6 Å². The Kier molecular flexibility index (Phi) is 3.69. The summed E-state index contributed by atoms with van der Waals surface area (Å²) in [5.74, 6) is 0. The Labute approximate surface area is 149 Å². The van der Waals surface area contributed by atoms with Crippen molar-refractivity contribution in [3.8, 4) is 16.9 Å². The summed E-state index contributed by atoms with van der Waals surface area (Å²) >= 11 is 3.58. The predicted octanol–water partition coefficient (Wildman–Crippen LogP) is 5.47. The highest BCUT2D eigenvalue weighted by Crippen LogP contribution is 2.25. The molecule has 2 aromatic heterocycles. The van der Waals surface area contributed by atoms with Gasteiger partial charge in [-0.1, -0.05) is 40.2 Å². The molecule has 0 radical (unpaired) electrons. The van der Waals surface area contributed by atoms with E-state index in [0.717, 1.165) is 26.9 Å². The standard InChI is InChI=1S/C20H16BrN3/c1-13-7-8-16(10-18(13)21)24-12-15(11-22-24)20-9-14(2)17-5-3-4-6-19(17)23-20/h3-12H,1-2H3. The van der Waals surface area contributed by atoms with Crippen molar-refractivity contribution in [3.63, 3.8) is 0 Å². The van der Waals surface area contributed by atoms with Crippen LogP contribution in [-0.4, -0.2) is 14.8 Å². The van der Waals surface area contributed by atoms with Gasteiger partial charge in [0.05, 0.1) is 23.1 Å². The second-order valence-corrected chi connectivity index (χ2v) is 6.80. The van der Waals surface area contributed by atoms with Gasteiger partial charge >= 0.3 is 0 Å². The van der Waals surface area contributed by atoms with Crippen LogP contribution in [0.25, 0.3) is 27.8 Å². The van der Waals surface area contributed by atoms with E-state index in [1.165, 1.54) is 16.5 Å². The maximum atomic E-state index is 4.78. The Morgan fingerprint density at radius 2 is 1.79 bits per heavy atom. The molecule has 0 aliphatic rings. The van der Waals surface area contributed by atoms with Crippen molar-refractivity contribution >= 4 is 26.8 Å². The lowest BCUT2D eigenvalue weighted by Gasteiger charge is -2.05. The summed E-state index contributed by atoms with van der Waals surface area (Å²) in [6, 6.07) is 16.6. The van der Waals surface area contributed by atoms with Crippen molar-refractivity contribution in [1.29, 1.82) is 0 Å². The first-order valence-electron chi connectivity index (χ1n) is 7.80. The van der Waals surface area contributed by atoms with E-state index in [9.17, 15) is 0 Å². The molecule has 0 unspecified atom stereocenters. The molecule has 0 saturated carbocycles. The van der Waals surface area contributed by atoms with Gasteiger partial charge in [0.1, 0.15) is 0 Å². The fourth-order valence-corrected chi connectivity index (χ4v) is 3.18. The Morgan fingerprint density at radius 1 is 0.958 bits per heavy atom. The maximum Gasteiger partial charge on any atom is 0.0744 e. The number of fused-ring (bicyclic) bond motifs is 1. The van der Waals surface area contributed by atoms with Gasteiger partial charge < -0.3 is 0 Å². The summed E-state index contributed by atoms with van der Waals surface area (Å²) in [7, 11) is 0. The van der Waals surface area contributed by atoms with Crippen LogP contribution in [0.5, 0.6) is 0 Å². The number of aromatic nitrogens is 3. The monoisotopic (exact) mass is 377 g/mol. The minimum atomic E-state index is 0.948. The largest absolute Gasteiger partial charge is 0.248 e. The average molecular weight is 378 g/mol. The highest BCUT2D eigenvalue weighted by molar-refractivity contribution is 9.10. The molecule has 2 heterocycles. The zero-order valence-electron chi connectivity index (χ0n) is 13.5. The van der Waals surface area contributed by atoms with E-state index in [-0.39, 0.29) is 0 Å². The lowest BCUT2D eigenvalue weighted by atomic mass is 10.1. The lowest BCUT2D eigenvalue weighted by Crippen LogP contribution is -1.94. The van der Waals surface area contributed by atoms with Crippen LogP contribution in [0.15, 0.2) is 65.4 Å². The molecule has 3 nitrogen and oxygen atoms in total. The van der Waals surface area contributed by atoms with Crippen LogP contribution in [0.2, 0.25) is 0 Å². The molecular weight excluding hydrogens is 362 g/mol. The summed E-state index contributed by atoms with van der Waals surface area (Å²) in [5, 5.41) is 5.69. The average Bonchev–Trinajstić information content (AvgIpc) is 3.07. The molecule has 0 aliphatic heterocycles. The maximum absolute atomic E-state index is 4.78. The SMILES string of the molecule is Cc1ccc(-n2cc(-c3cc(C)c4ccccc4n3)cn2)cc1Br. The third-order valence-corrected chi connectivity index (χ3v) is 5.08. The molecule has 0 N–H and O–H groups in total. The quantitative estimate of drug-likeness (QED) is 0.463. The molecule has 0 aliphatic carbocycles. The number of benzene rings is 2. The Balaban J connectivity index is 1.78. The van der Waals surface area contributed by atoms with Crippen LogP contribution in [0, 0.1) is 13.8 Å². The van der Waals surface area contributed by atoms with Crippen molar-refractivity contribution in [3.05, 3.63) is 76.5 Å². The minimum Gasteiger partial charge on any atom is -0.248 e. The van der Waals surface area contributed by atoms with Gasteiger partial charge in [-0.3, -0.25) is 0 Å². The van der Waals surface area contributed by atoms with Gasteiger partial charge in [-0.05, 0) is 49.2 Å². The molecule has 4 heteroatoms. The van der Waals surface area contributed by atoms with Gasteiger partial charge in [0.25, 0.3) is 0 Å². The molecule has 0 saturated heterocycles. The number of hydrogen-bond acceptors (Lipinski definition) is 2. The van der Waals surface area contributed by atoms with E-state index >= 15 is 0 Å².